The van der Waals surface area contributed by atoms with Gasteiger partial charge in [0, 0.05) is 12.1 Å². The van der Waals surface area contributed by atoms with E-state index >= 15 is 0 Å². The van der Waals surface area contributed by atoms with E-state index in [1.54, 1.807) is 18.2 Å². The van der Waals surface area contributed by atoms with Crippen LogP contribution in [-0.4, -0.2) is 11.9 Å². The molecule has 2 nitrogen and oxygen atoms in total. The largest absolute Gasteiger partial charge is 0.350 e. The Hall–Kier alpha value is -1.64. The first kappa shape index (κ1) is 14.8. The molecule has 1 saturated carbocycles. The van der Waals surface area contributed by atoms with Gasteiger partial charge in [-0.1, -0.05) is 44.2 Å². The SMILES string of the molecule is O=C(C=Cc1cccc(F)c1)NC1CCCCCCC1. The predicted octanol–water partition coefficient (Wildman–Crippen LogP) is 4.07. The zero-order chi connectivity index (χ0) is 14.2. The Bertz CT molecular complexity index is 462. The second kappa shape index (κ2) is 7.83. The van der Waals surface area contributed by atoms with Crippen LogP contribution < -0.4 is 5.32 Å². The van der Waals surface area contributed by atoms with Gasteiger partial charge in [-0.2, -0.15) is 0 Å². The van der Waals surface area contributed by atoms with Gasteiger partial charge in [0.05, 0.1) is 0 Å². The van der Waals surface area contributed by atoms with Crippen molar-refractivity contribution in [3.8, 4) is 0 Å². The maximum absolute atomic E-state index is 13.0. The summed E-state index contributed by atoms with van der Waals surface area (Å²) in [5, 5.41) is 3.05. The van der Waals surface area contributed by atoms with Crippen molar-refractivity contribution in [2.75, 3.05) is 0 Å². The molecule has 0 radical (unpaired) electrons. The average Bonchev–Trinajstić information content (AvgIpc) is 2.39. The highest BCUT2D eigenvalue weighted by Crippen LogP contribution is 2.17. The summed E-state index contributed by atoms with van der Waals surface area (Å²) in [6.45, 7) is 0. The first-order valence-electron chi connectivity index (χ1n) is 7.48. The Kier molecular flexibility index (Phi) is 5.78. The smallest absolute Gasteiger partial charge is 0.244 e. The molecule has 108 valence electrons. The number of hydrogen-bond acceptors (Lipinski definition) is 1. The Morgan fingerprint density at radius 3 is 2.55 bits per heavy atom. The number of nitrogens with one attached hydrogen (secondary N) is 1. The van der Waals surface area contributed by atoms with E-state index in [0.717, 1.165) is 12.8 Å². The molecule has 1 fully saturated rings. The maximum Gasteiger partial charge on any atom is 0.244 e. The minimum atomic E-state index is -0.285. The molecule has 1 aliphatic rings. The number of amides is 1. The van der Waals surface area contributed by atoms with Crippen molar-refractivity contribution in [3.05, 3.63) is 41.7 Å². The third-order valence-electron chi connectivity index (χ3n) is 3.73. The van der Waals surface area contributed by atoms with E-state index in [2.05, 4.69) is 5.32 Å². The number of rotatable bonds is 3. The van der Waals surface area contributed by atoms with Crippen LogP contribution in [0.2, 0.25) is 0 Å². The molecule has 1 N–H and O–H groups in total. The van der Waals surface area contributed by atoms with E-state index in [9.17, 15) is 9.18 Å². The lowest BCUT2D eigenvalue weighted by atomic mass is 9.97. The predicted molar refractivity (Wildman–Crippen MR) is 79.7 cm³/mol. The maximum atomic E-state index is 13.0. The Balaban J connectivity index is 1.84. The van der Waals surface area contributed by atoms with Gasteiger partial charge in [-0.05, 0) is 36.6 Å². The van der Waals surface area contributed by atoms with E-state index in [-0.39, 0.29) is 11.7 Å². The monoisotopic (exact) mass is 275 g/mol. The number of carbonyl (C=O) groups excluding carboxylic acids is 1. The van der Waals surface area contributed by atoms with E-state index in [1.807, 2.05) is 0 Å². The Morgan fingerprint density at radius 1 is 1.15 bits per heavy atom. The molecule has 0 aliphatic heterocycles. The normalized spacial score (nSPS) is 17.6. The van der Waals surface area contributed by atoms with Gasteiger partial charge in [0.25, 0.3) is 0 Å². The summed E-state index contributed by atoms with van der Waals surface area (Å²) in [7, 11) is 0. The molecule has 0 saturated heterocycles. The van der Waals surface area contributed by atoms with Gasteiger partial charge in [-0.15, -0.1) is 0 Å². The third-order valence-corrected chi connectivity index (χ3v) is 3.73. The van der Waals surface area contributed by atoms with Crippen LogP contribution in [-0.2, 0) is 4.79 Å². The quantitative estimate of drug-likeness (QED) is 0.828. The zero-order valence-electron chi connectivity index (χ0n) is 11.8. The van der Waals surface area contributed by atoms with Gasteiger partial charge in [0.2, 0.25) is 5.91 Å². The minimum Gasteiger partial charge on any atom is -0.350 e. The molecule has 0 spiro atoms. The molecule has 2 rings (SSSR count). The number of hydrogen-bond donors (Lipinski definition) is 1. The fourth-order valence-corrected chi connectivity index (χ4v) is 2.63. The second-order valence-electron chi connectivity index (χ2n) is 5.44. The minimum absolute atomic E-state index is 0.0835. The molecule has 0 atom stereocenters. The average molecular weight is 275 g/mol. The number of carbonyl (C=O) groups is 1. The second-order valence-corrected chi connectivity index (χ2v) is 5.44. The van der Waals surface area contributed by atoms with E-state index in [4.69, 9.17) is 0 Å². The molecule has 1 amide bonds. The van der Waals surface area contributed by atoms with Crippen LogP contribution in [0.25, 0.3) is 6.08 Å². The standard InChI is InChI=1S/C17H22FNO/c18-15-8-6-7-14(13-15)11-12-17(20)19-16-9-4-2-1-3-5-10-16/h6-8,11-13,16H,1-5,9-10H2,(H,19,20). The molecule has 0 unspecified atom stereocenters. The summed E-state index contributed by atoms with van der Waals surface area (Å²) in [5.74, 6) is -0.368. The van der Waals surface area contributed by atoms with Crippen molar-refractivity contribution in [1.82, 2.24) is 5.32 Å². The van der Waals surface area contributed by atoms with E-state index in [1.165, 1.54) is 50.3 Å². The van der Waals surface area contributed by atoms with E-state index < -0.39 is 0 Å². The topological polar surface area (TPSA) is 29.1 Å². The van der Waals surface area contributed by atoms with Crippen LogP contribution in [0.1, 0.15) is 50.5 Å². The van der Waals surface area contributed by atoms with Gasteiger partial charge in [-0.3, -0.25) is 4.79 Å². The van der Waals surface area contributed by atoms with Crippen molar-refractivity contribution in [1.29, 1.82) is 0 Å². The summed E-state index contributed by atoms with van der Waals surface area (Å²) >= 11 is 0. The highest BCUT2D eigenvalue weighted by atomic mass is 19.1. The fraction of sp³-hybridized carbons (Fsp3) is 0.471. The molecule has 0 bridgehead atoms. The van der Waals surface area contributed by atoms with Crippen LogP contribution in [0.3, 0.4) is 0 Å². The van der Waals surface area contributed by atoms with Gasteiger partial charge in [0.1, 0.15) is 5.82 Å². The molecular weight excluding hydrogens is 253 g/mol. The van der Waals surface area contributed by atoms with Gasteiger partial charge in [0.15, 0.2) is 0 Å². The first-order valence-corrected chi connectivity index (χ1v) is 7.48. The Morgan fingerprint density at radius 2 is 1.85 bits per heavy atom. The summed E-state index contributed by atoms with van der Waals surface area (Å²) in [6.07, 6.45) is 11.5. The van der Waals surface area contributed by atoms with Crippen LogP contribution in [0.15, 0.2) is 30.3 Å². The van der Waals surface area contributed by atoms with Crippen LogP contribution in [0, 0.1) is 5.82 Å². The van der Waals surface area contributed by atoms with Crippen molar-refractivity contribution in [3.63, 3.8) is 0 Å². The molecule has 0 heterocycles. The molecule has 1 aromatic rings. The molecular formula is C17H22FNO. The lowest BCUT2D eigenvalue weighted by molar-refractivity contribution is -0.117. The van der Waals surface area contributed by atoms with Crippen molar-refractivity contribution in [2.24, 2.45) is 0 Å². The van der Waals surface area contributed by atoms with Gasteiger partial charge >= 0.3 is 0 Å². The third kappa shape index (κ3) is 5.16. The van der Waals surface area contributed by atoms with Gasteiger partial charge in [-0.25, -0.2) is 4.39 Å². The van der Waals surface area contributed by atoms with E-state index in [0.29, 0.717) is 11.6 Å². The van der Waals surface area contributed by atoms with Crippen molar-refractivity contribution in [2.45, 2.75) is 51.0 Å². The molecule has 20 heavy (non-hydrogen) atoms. The Labute approximate surface area is 120 Å². The molecule has 3 heteroatoms. The van der Waals surface area contributed by atoms with Crippen molar-refractivity contribution >= 4 is 12.0 Å². The summed E-state index contributed by atoms with van der Waals surface area (Å²) < 4.78 is 13.0. The summed E-state index contributed by atoms with van der Waals surface area (Å²) in [5.41, 5.74) is 0.706. The van der Waals surface area contributed by atoms with Crippen LogP contribution >= 0.6 is 0 Å². The highest BCUT2D eigenvalue weighted by molar-refractivity contribution is 5.91. The molecule has 1 aliphatic carbocycles. The van der Waals surface area contributed by atoms with Gasteiger partial charge < -0.3 is 5.32 Å². The lowest BCUT2D eigenvalue weighted by Crippen LogP contribution is -2.34. The van der Waals surface area contributed by atoms with Crippen molar-refractivity contribution < 1.29 is 9.18 Å². The number of benzene rings is 1. The zero-order valence-corrected chi connectivity index (χ0v) is 11.8. The molecule has 0 aromatic heterocycles. The first-order chi connectivity index (χ1) is 9.74. The number of halogens is 1. The molecule has 1 aromatic carbocycles. The summed E-state index contributed by atoms with van der Waals surface area (Å²) in [4.78, 5) is 11.9. The fourth-order valence-electron chi connectivity index (χ4n) is 2.63. The van der Waals surface area contributed by atoms with Crippen LogP contribution in [0.4, 0.5) is 4.39 Å². The van der Waals surface area contributed by atoms with Crippen LogP contribution in [0.5, 0.6) is 0 Å². The summed E-state index contributed by atoms with van der Waals surface area (Å²) in [6, 6.07) is 6.52. The lowest BCUT2D eigenvalue weighted by Gasteiger charge is -2.20. The highest BCUT2D eigenvalue weighted by Gasteiger charge is 2.12.